The molecule has 0 unspecified atom stereocenters. The molecule has 6 nitrogen and oxygen atoms in total. The van der Waals surface area contributed by atoms with Crippen LogP contribution in [-0.2, 0) is 9.53 Å². The number of amides is 1. The van der Waals surface area contributed by atoms with Crippen molar-refractivity contribution in [3.63, 3.8) is 0 Å². The van der Waals surface area contributed by atoms with Gasteiger partial charge >= 0.3 is 5.97 Å². The van der Waals surface area contributed by atoms with Gasteiger partial charge in [-0.05, 0) is 18.2 Å². The summed E-state index contributed by atoms with van der Waals surface area (Å²) in [7, 11) is 1.48. The first-order valence-electron chi connectivity index (χ1n) is 5.43. The summed E-state index contributed by atoms with van der Waals surface area (Å²) in [6.45, 7) is 0.810. The number of hydrogen-bond acceptors (Lipinski definition) is 4. The minimum Gasteiger partial charge on any atom is -0.495 e. The minimum atomic E-state index is -1.04. The fourth-order valence-electron chi connectivity index (χ4n) is 1.81. The molecule has 0 saturated carbocycles. The third kappa shape index (κ3) is 2.28. The fourth-order valence-corrected chi connectivity index (χ4v) is 1.81. The molecule has 1 amide bonds. The molecular weight excluding hydrogens is 238 g/mol. The number of hydrogen-bond donors (Lipinski definition) is 1. The van der Waals surface area contributed by atoms with E-state index >= 15 is 0 Å². The molecule has 0 bridgehead atoms. The van der Waals surface area contributed by atoms with Gasteiger partial charge in [-0.2, -0.15) is 0 Å². The average molecular weight is 251 g/mol. The maximum atomic E-state index is 11.7. The van der Waals surface area contributed by atoms with Gasteiger partial charge in [0.1, 0.15) is 12.4 Å². The second-order valence-electron chi connectivity index (χ2n) is 3.79. The van der Waals surface area contributed by atoms with Gasteiger partial charge in [-0.25, -0.2) is 4.79 Å². The lowest BCUT2D eigenvalue weighted by Gasteiger charge is -2.28. The Labute approximate surface area is 104 Å². The van der Waals surface area contributed by atoms with Gasteiger partial charge in [0.2, 0.25) is 0 Å². The van der Waals surface area contributed by atoms with Crippen LogP contribution >= 0.6 is 0 Å². The normalized spacial score (nSPS) is 15.6. The van der Waals surface area contributed by atoms with Crippen molar-refractivity contribution in [2.24, 2.45) is 0 Å². The first-order chi connectivity index (χ1) is 8.63. The second-order valence-corrected chi connectivity index (χ2v) is 3.79. The van der Waals surface area contributed by atoms with Crippen LogP contribution in [0.5, 0.6) is 5.75 Å². The monoisotopic (exact) mass is 251 g/mol. The molecule has 0 radical (unpaired) electrons. The lowest BCUT2D eigenvalue weighted by molar-refractivity contribution is -0.125. The molecule has 0 aliphatic carbocycles. The third-order valence-corrected chi connectivity index (χ3v) is 2.70. The molecule has 1 N–H and O–H groups in total. The van der Waals surface area contributed by atoms with Crippen molar-refractivity contribution >= 4 is 17.6 Å². The highest BCUT2D eigenvalue weighted by atomic mass is 16.5. The van der Waals surface area contributed by atoms with Crippen LogP contribution in [0.15, 0.2) is 18.2 Å². The number of aromatic carboxylic acids is 1. The van der Waals surface area contributed by atoms with Gasteiger partial charge in [0, 0.05) is 6.54 Å². The lowest BCUT2D eigenvalue weighted by atomic mass is 10.1. The minimum absolute atomic E-state index is 0.000450. The highest BCUT2D eigenvalue weighted by Gasteiger charge is 2.24. The molecule has 1 aromatic carbocycles. The summed E-state index contributed by atoms with van der Waals surface area (Å²) in [4.78, 5) is 24.2. The van der Waals surface area contributed by atoms with Crippen LogP contribution in [0.1, 0.15) is 10.4 Å². The molecular formula is C12H13NO5. The van der Waals surface area contributed by atoms with Crippen LogP contribution in [0, 0.1) is 0 Å². The van der Waals surface area contributed by atoms with Crippen LogP contribution in [0.3, 0.4) is 0 Å². The fraction of sp³-hybridized carbons (Fsp3) is 0.333. The summed E-state index contributed by atoms with van der Waals surface area (Å²) in [6, 6.07) is 4.42. The van der Waals surface area contributed by atoms with Crippen LogP contribution in [-0.4, -0.2) is 43.9 Å². The Hall–Kier alpha value is -2.08. The lowest BCUT2D eigenvalue weighted by Crippen LogP contribution is -2.41. The van der Waals surface area contributed by atoms with Crippen LogP contribution < -0.4 is 9.64 Å². The van der Waals surface area contributed by atoms with Crippen LogP contribution in [0.25, 0.3) is 0 Å². The molecule has 1 saturated heterocycles. The molecule has 1 heterocycles. The van der Waals surface area contributed by atoms with Crippen molar-refractivity contribution in [3.8, 4) is 5.75 Å². The first-order valence-corrected chi connectivity index (χ1v) is 5.43. The number of carboxylic acids is 1. The highest BCUT2D eigenvalue weighted by Crippen LogP contribution is 2.30. The number of rotatable bonds is 3. The van der Waals surface area contributed by atoms with Crippen molar-refractivity contribution in [1.82, 2.24) is 0 Å². The molecule has 6 heteroatoms. The predicted octanol–water partition coefficient (Wildman–Crippen LogP) is 0.757. The Balaban J connectivity index is 2.42. The molecule has 0 atom stereocenters. The summed E-state index contributed by atoms with van der Waals surface area (Å²) < 4.78 is 10.2. The molecule has 96 valence electrons. The Morgan fingerprint density at radius 3 is 2.89 bits per heavy atom. The Bertz CT molecular complexity index is 485. The van der Waals surface area contributed by atoms with Crippen LogP contribution in [0.2, 0.25) is 0 Å². The van der Waals surface area contributed by atoms with E-state index in [4.69, 9.17) is 14.6 Å². The van der Waals surface area contributed by atoms with Crippen molar-refractivity contribution in [2.45, 2.75) is 0 Å². The molecule has 2 rings (SSSR count). The van der Waals surface area contributed by atoms with Gasteiger partial charge < -0.3 is 19.5 Å². The second kappa shape index (κ2) is 5.05. The standard InChI is InChI=1S/C12H13NO5/c1-17-10-3-2-8(12(15)16)6-9(10)13-4-5-18-7-11(13)14/h2-3,6H,4-5,7H2,1H3,(H,15,16). The number of carbonyl (C=O) groups excluding carboxylic acids is 1. The SMILES string of the molecule is COc1ccc(C(=O)O)cc1N1CCOCC1=O. The Morgan fingerprint density at radius 2 is 2.28 bits per heavy atom. The molecule has 1 aromatic rings. The largest absolute Gasteiger partial charge is 0.495 e. The quantitative estimate of drug-likeness (QED) is 0.858. The summed E-state index contributed by atoms with van der Waals surface area (Å²) >= 11 is 0. The summed E-state index contributed by atoms with van der Waals surface area (Å²) in [6.07, 6.45) is 0. The summed E-state index contributed by atoms with van der Waals surface area (Å²) in [5, 5.41) is 8.97. The van der Waals surface area contributed by atoms with Crippen molar-refractivity contribution < 1.29 is 24.2 Å². The average Bonchev–Trinajstić information content (AvgIpc) is 2.38. The molecule has 1 aliphatic heterocycles. The summed E-state index contributed by atoms with van der Waals surface area (Å²) in [5.41, 5.74) is 0.579. The Morgan fingerprint density at radius 1 is 1.50 bits per heavy atom. The van der Waals surface area contributed by atoms with Crippen molar-refractivity contribution in [1.29, 1.82) is 0 Å². The predicted molar refractivity (Wildman–Crippen MR) is 63.1 cm³/mol. The number of anilines is 1. The number of carbonyl (C=O) groups is 2. The van der Waals surface area contributed by atoms with E-state index in [1.807, 2.05) is 0 Å². The zero-order chi connectivity index (χ0) is 13.1. The molecule has 18 heavy (non-hydrogen) atoms. The van der Waals surface area contributed by atoms with E-state index < -0.39 is 5.97 Å². The first kappa shape index (κ1) is 12.4. The smallest absolute Gasteiger partial charge is 0.335 e. The van der Waals surface area contributed by atoms with Gasteiger partial charge in [0.15, 0.2) is 0 Å². The van der Waals surface area contributed by atoms with E-state index in [0.717, 1.165) is 0 Å². The molecule has 1 aliphatic rings. The van der Waals surface area contributed by atoms with Crippen LogP contribution in [0.4, 0.5) is 5.69 Å². The van der Waals surface area contributed by atoms with E-state index in [1.54, 1.807) is 6.07 Å². The van der Waals surface area contributed by atoms with E-state index in [9.17, 15) is 9.59 Å². The van der Waals surface area contributed by atoms with E-state index in [-0.39, 0.29) is 18.1 Å². The highest BCUT2D eigenvalue weighted by molar-refractivity contribution is 5.98. The number of nitrogens with zero attached hydrogens (tertiary/aromatic N) is 1. The van der Waals surface area contributed by atoms with Gasteiger partial charge in [-0.15, -0.1) is 0 Å². The number of ether oxygens (including phenoxy) is 2. The molecule has 0 aromatic heterocycles. The number of carboxylic acid groups (broad SMARTS) is 1. The number of benzene rings is 1. The number of methoxy groups -OCH3 is 1. The zero-order valence-electron chi connectivity index (χ0n) is 9.88. The van der Waals surface area contributed by atoms with E-state index in [2.05, 4.69) is 0 Å². The van der Waals surface area contributed by atoms with Crippen molar-refractivity contribution in [3.05, 3.63) is 23.8 Å². The number of morpholine rings is 1. The molecule has 1 fully saturated rings. The van der Waals surface area contributed by atoms with E-state index in [0.29, 0.717) is 24.6 Å². The van der Waals surface area contributed by atoms with Gasteiger partial charge in [-0.3, -0.25) is 4.79 Å². The maximum absolute atomic E-state index is 11.7. The molecule has 0 spiro atoms. The maximum Gasteiger partial charge on any atom is 0.335 e. The third-order valence-electron chi connectivity index (χ3n) is 2.70. The topological polar surface area (TPSA) is 76.1 Å². The van der Waals surface area contributed by atoms with E-state index in [1.165, 1.54) is 24.1 Å². The van der Waals surface area contributed by atoms with Gasteiger partial charge in [0.25, 0.3) is 5.91 Å². The van der Waals surface area contributed by atoms with Gasteiger partial charge in [0.05, 0.1) is 25.0 Å². The summed E-state index contributed by atoms with van der Waals surface area (Å²) in [5.74, 6) is -0.781. The van der Waals surface area contributed by atoms with Gasteiger partial charge in [-0.1, -0.05) is 0 Å². The zero-order valence-corrected chi connectivity index (χ0v) is 9.88. The Kier molecular flexibility index (Phi) is 3.47. The van der Waals surface area contributed by atoms with Crippen molar-refractivity contribution in [2.75, 3.05) is 31.8 Å².